The summed E-state index contributed by atoms with van der Waals surface area (Å²) in [6, 6.07) is 18.7. The summed E-state index contributed by atoms with van der Waals surface area (Å²) in [5, 5.41) is 13.5. The fourth-order valence-corrected chi connectivity index (χ4v) is 4.18. The van der Waals surface area contributed by atoms with Crippen molar-refractivity contribution in [3.63, 3.8) is 0 Å². The van der Waals surface area contributed by atoms with Crippen LogP contribution in [0.2, 0.25) is 0 Å². The van der Waals surface area contributed by atoms with E-state index in [0.717, 1.165) is 37.4 Å². The molecule has 1 saturated heterocycles. The zero-order valence-electron chi connectivity index (χ0n) is 19.6. The summed E-state index contributed by atoms with van der Waals surface area (Å²) in [7, 11) is 3.87. The van der Waals surface area contributed by atoms with Gasteiger partial charge in [-0.05, 0) is 36.9 Å². The Hall–Kier alpha value is -3.62. The summed E-state index contributed by atoms with van der Waals surface area (Å²) >= 11 is 0. The number of anilines is 3. The number of aromatic nitrogens is 1. The molecule has 1 amide bonds. The second kappa shape index (κ2) is 10.5. The molecule has 1 aliphatic heterocycles. The number of pyridine rings is 1. The van der Waals surface area contributed by atoms with E-state index in [0.29, 0.717) is 11.4 Å². The third-order valence-electron chi connectivity index (χ3n) is 6.18. The van der Waals surface area contributed by atoms with Gasteiger partial charge in [-0.3, -0.25) is 9.59 Å². The summed E-state index contributed by atoms with van der Waals surface area (Å²) < 4.78 is 0. The molecular weight excluding hydrogens is 430 g/mol. The lowest BCUT2D eigenvalue weighted by atomic mass is 10.1. The van der Waals surface area contributed by atoms with Crippen LogP contribution in [0.5, 0.6) is 0 Å². The van der Waals surface area contributed by atoms with Crippen LogP contribution in [0.1, 0.15) is 22.0 Å². The average molecular weight is 462 g/mol. The van der Waals surface area contributed by atoms with E-state index in [1.165, 1.54) is 6.20 Å². The van der Waals surface area contributed by atoms with E-state index >= 15 is 0 Å². The second-order valence-corrected chi connectivity index (χ2v) is 8.67. The summed E-state index contributed by atoms with van der Waals surface area (Å²) in [4.78, 5) is 34.8. The fraction of sp³-hybridized carbons (Fsp3) is 0.308. The Kier molecular flexibility index (Phi) is 7.30. The van der Waals surface area contributed by atoms with E-state index in [4.69, 9.17) is 0 Å². The topological polar surface area (TPSA) is 91.9 Å². The summed E-state index contributed by atoms with van der Waals surface area (Å²) in [6.45, 7) is 4.05. The molecule has 8 nitrogen and oxygen atoms in total. The molecule has 1 aromatic heterocycles. The Bertz CT molecular complexity index is 1170. The molecule has 4 rings (SSSR count). The van der Waals surface area contributed by atoms with E-state index in [2.05, 4.69) is 27.1 Å². The monoisotopic (exact) mass is 461 g/mol. The van der Waals surface area contributed by atoms with Crippen molar-refractivity contribution in [3.8, 4) is 0 Å². The molecule has 1 aliphatic rings. The second-order valence-electron chi connectivity index (χ2n) is 8.67. The van der Waals surface area contributed by atoms with Crippen molar-refractivity contribution in [2.75, 3.05) is 61.9 Å². The Morgan fingerprint density at radius 1 is 1.09 bits per heavy atom. The Morgan fingerprint density at radius 2 is 1.82 bits per heavy atom. The molecule has 0 saturated carbocycles. The number of amides is 1. The molecule has 1 unspecified atom stereocenters. The van der Waals surface area contributed by atoms with Gasteiger partial charge in [0.25, 0.3) is 11.5 Å². The van der Waals surface area contributed by atoms with Crippen molar-refractivity contribution in [2.45, 2.75) is 6.10 Å². The highest BCUT2D eigenvalue weighted by molar-refractivity contribution is 6.08. The maximum Gasteiger partial charge on any atom is 0.263 e. The smallest absolute Gasteiger partial charge is 0.263 e. The number of H-pyrrole nitrogens is 1. The highest BCUT2D eigenvalue weighted by Gasteiger charge is 2.21. The highest BCUT2D eigenvalue weighted by Crippen LogP contribution is 2.24. The van der Waals surface area contributed by atoms with Crippen LogP contribution >= 0.6 is 0 Å². The molecule has 0 spiro atoms. The van der Waals surface area contributed by atoms with Crippen molar-refractivity contribution in [2.24, 2.45) is 0 Å². The number of carbonyl (C=O) groups is 1. The molecule has 2 aromatic carbocycles. The number of carbonyl (C=O) groups excluding carboxylic acids is 1. The molecule has 8 heteroatoms. The summed E-state index contributed by atoms with van der Waals surface area (Å²) in [5.41, 5.74) is 2.41. The number of nitrogens with one attached hydrogen (secondary N) is 2. The molecular formula is C26H31N5O3. The number of hydrogen-bond acceptors (Lipinski definition) is 6. The van der Waals surface area contributed by atoms with Gasteiger partial charge >= 0.3 is 0 Å². The van der Waals surface area contributed by atoms with Crippen LogP contribution in [0.25, 0.3) is 0 Å². The van der Waals surface area contributed by atoms with Crippen LogP contribution in [0.3, 0.4) is 0 Å². The molecule has 1 atom stereocenters. The van der Waals surface area contributed by atoms with E-state index in [9.17, 15) is 14.7 Å². The number of hydrogen-bond donors (Lipinski definition) is 3. The first kappa shape index (κ1) is 23.5. The molecule has 0 aliphatic carbocycles. The van der Waals surface area contributed by atoms with Crippen LogP contribution in [0.4, 0.5) is 17.1 Å². The number of piperazine rings is 1. The van der Waals surface area contributed by atoms with Crippen molar-refractivity contribution in [1.82, 2.24) is 9.88 Å². The molecule has 0 radical (unpaired) electrons. The SMILES string of the molecule is CN1CCN(c2cccc(NC(=O)c3c(N(C)CC(O)c4ccccc4)cc[nH]c3=O)c2)CC1. The number of rotatable bonds is 7. The van der Waals surface area contributed by atoms with Gasteiger partial charge in [-0.25, -0.2) is 0 Å². The molecule has 0 bridgehead atoms. The molecule has 1 fully saturated rings. The lowest BCUT2D eigenvalue weighted by Gasteiger charge is -2.34. The molecule has 3 N–H and O–H groups in total. The van der Waals surface area contributed by atoms with Crippen LogP contribution in [-0.4, -0.2) is 67.7 Å². The van der Waals surface area contributed by atoms with Crippen molar-refractivity contribution >= 4 is 23.0 Å². The van der Waals surface area contributed by atoms with Crippen LogP contribution in [0, 0.1) is 0 Å². The van der Waals surface area contributed by atoms with Crippen molar-refractivity contribution < 1.29 is 9.90 Å². The van der Waals surface area contributed by atoms with Gasteiger partial charge in [0.05, 0.1) is 11.8 Å². The third-order valence-corrected chi connectivity index (χ3v) is 6.18. The highest BCUT2D eigenvalue weighted by atomic mass is 16.3. The first-order chi connectivity index (χ1) is 16.4. The van der Waals surface area contributed by atoms with E-state index in [1.54, 1.807) is 18.0 Å². The van der Waals surface area contributed by atoms with Gasteiger partial charge in [0.1, 0.15) is 5.56 Å². The Balaban J connectivity index is 1.52. The maximum absolute atomic E-state index is 13.2. The van der Waals surface area contributed by atoms with E-state index in [-0.39, 0.29) is 12.1 Å². The van der Waals surface area contributed by atoms with Gasteiger partial charge in [-0.1, -0.05) is 36.4 Å². The summed E-state index contributed by atoms with van der Waals surface area (Å²) in [5.74, 6) is -0.492. The Labute approximate surface area is 199 Å². The number of benzene rings is 2. The molecule has 34 heavy (non-hydrogen) atoms. The zero-order valence-corrected chi connectivity index (χ0v) is 19.6. The van der Waals surface area contributed by atoms with Gasteiger partial charge in [0.15, 0.2) is 0 Å². The van der Waals surface area contributed by atoms with E-state index < -0.39 is 17.6 Å². The van der Waals surface area contributed by atoms with Gasteiger partial charge in [-0.2, -0.15) is 0 Å². The minimum absolute atomic E-state index is 0.00950. The predicted molar refractivity (Wildman–Crippen MR) is 136 cm³/mol. The lowest BCUT2D eigenvalue weighted by Crippen LogP contribution is -2.44. The number of aliphatic hydroxyl groups is 1. The average Bonchev–Trinajstić information content (AvgIpc) is 2.85. The minimum Gasteiger partial charge on any atom is -0.387 e. The van der Waals surface area contributed by atoms with Crippen molar-refractivity contribution in [3.05, 3.63) is 88.3 Å². The quantitative estimate of drug-likeness (QED) is 0.501. The predicted octanol–water partition coefficient (Wildman–Crippen LogP) is 2.55. The van der Waals surface area contributed by atoms with Gasteiger partial charge < -0.3 is 30.1 Å². The summed E-state index contributed by atoms with van der Waals surface area (Å²) in [6.07, 6.45) is 0.745. The van der Waals surface area contributed by atoms with Gasteiger partial charge in [-0.15, -0.1) is 0 Å². The molecule has 3 aromatic rings. The Morgan fingerprint density at radius 3 is 2.56 bits per heavy atom. The first-order valence-electron chi connectivity index (χ1n) is 11.4. The molecule has 178 valence electrons. The number of nitrogens with zero attached hydrogens (tertiary/aromatic N) is 3. The van der Waals surface area contributed by atoms with E-state index in [1.807, 2.05) is 54.6 Å². The van der Waals surface area contributed by atoms with Crippen LogP contribution in [-0.2, 0) is 0 Å². The maximum atomic E-state index is 13.2. The normalized spacial score (nSPS) is 15.1. The van der Waals surface area contributed by atoms with Crippen molar-refractivity contribution in [1.29, 1.82) is 0 Å². The first-order valence-corrected chi connectivity index (χ1v) is 11.4. The zero-order chi connectivity index (χ0) is 24.1. The van der Waals surface area contributed by atoms with Gasteiger partial charge in [0.2, 0.25) is 0 Å². The largest absolute Gasteiger partial charge is 0.387 e. The van der Waals surface area contributed by atoms with Crippen LogP contribution < -0.4 is 20.7 Å². The number of aliphatic hydroxyl groups excluding tert-OH is 1. The standard InChI is InChI=1S/C26H31N5O3/c1-29-13-15-31(16-14-29)21-10-6-9-20(17-21)28-26(34)24-22(11-12-27-25(24)33)30(2)18-23(32)19-7-4-3-5-8-19/h3-12,17,23,32H,13-16,18H2,1-2H3,(H,27,33)(H,28,34). The third kappa shape index (κ3) is 5.47. The number of aromatic amines is 1. The molecule has 2 heterocycles. The van der Waals surface area contributed by atoms with Crippen LogP contribution in [0.15, 0.2) is 71.7 Å². The number of likely N-dealkylation sites (N-methyl/N-ethyl adjacent to an activating group) is 2. The fourth-order valence-electron chi connectivity index (χ4n) is 4.18. The lowest BCUT2D eigenvalue weighted by molar-refractivity contribution is 0.102. The van der Waals surface area contributed by atoms with Gasteiger partial charge in [0, 0.05) is 57.3 Å². The minimum atomic E-state index is -0.762.